The summed E-state index contributed by atoms with van der Waals surface area (Å²) in [5.41, 5.74) is 6.66. The minimum atomic E-state index is -3.31. The fraction of sp³-hybridized carbons (Fsp3) is 0.400. The van der Waals surface area contributed by atoms with E-state index in [2.05, 4.69) is 17.2 Å². The number of rotatable bonds is 2. The van der Waals surface area contributed by atoms with Crippen molar-refractivity contribution >= 4 is 21.4 Å². The number of carbonyl (C=O) groups is 1. The van der Waals surface area contributed by atoms with Gasteiger partial charge in [0.05, 0.1) is 12.3 Å². The third-order valence-electron chi connectivity index (χ3n) is 3.36. The van der Waals surface area contributed by atoms with E-state index < -0.39 is 21.0 Å². The van der Waals surface area contributed by atoms with E-state index in [-0.39, 0.29) is 12.3 Å². The highest BCUT2D eigenvalue weighted by Crippen LogP contribution is 2.21. The molecule has 0 bridgehead atoms. The molecule has 0 aromatic heterocycles. The van der Waals surface area contributed by atoms with Gasteiger partial charge < -0.3 is 11.1 Å². The number of benzene rings is 1. The summed E-state index contributed by atoms with van der Waals surface area (Å²) in [5, 5.41) is 1.73. The third-order valence-corrected chi connectivity index (χ3v) is 5.53. The summed E-state index contributed by atoms with van der Waals surface area (Å²) in [5.74, 6) is 5.26. The van der Waals surface area contributed by atoms with E-state index in [1.165, 1.54) is 0 Å². The highest BCUT2D eigenvalue weighted by molar-refractivity contribution is 7.92. The SMILES string of the molecule is NCC#Cc1ccc(NC(=O)C2CCCCS2(=O)=O)cc1. The minimum Gasteiger partial charge on any atom is -0.325 e. The Morgan fingerprint density at radius 2 is 2.00 bits per heavy atom. The van der Waals surface area contributed by atoms with Crippen LogP contribution in [0.2, 0.25) is 0 Å². The van der Waals surface area contributed by atoms with Gasteiger partial charge in [0.15, 0.2) is 9.84 Å². The van der Waals surface area contributed by atoms with E-state index in [4.69, 9.17) is 5.73 Å². The molecule has 0 aliphatic carbocycles. The molecule has 0 saturated carbocycles. The normalized spacial score (nSPS) is 20.1. The van der Waals surface area contributed by atoms with E-state index in [1.54, 1.807) is 24.3 Å². The molecule has 1 amide bonds. The molecule has 5 nitrogen and oxygen atoms in total. The van der Waals surface area contributed by atoms with Crippen molar-refractivity contribution in [3.8, 4) is 11.8 Å². The second-order valence-electron chi connectivity index (χ2n) is 4.92. The Morgan fingerprint density at radius 1 is 1.29 bits per heavy atom. The molecule has 112 valence electrons. The van der Waals surface area contributed by atoms with Gasteiger partial charge in [-0.25, -0.2) is 8.42 Å². The number of nitrogens with one attached hydrogen (secondary N) is 1. The second-order valence-corrected chi connectivity index (χ2v) is 7.23. The Morgan fingerprint density at radius 3 is 2.62 bits per heavy atom. The van der Waals surface area contributed by atoms with Gasteiger partial charge in [0.2, 0.25) is 5.91 Å². The van der Waals surface area contributed by atoms with Crippen LogP contribution in [-0.2, 0) is 14.6 Å². The van der Waals surface area contributed by atoms with E-state index in [0.717, 1.165) is 12.0 Å². The Hall–Kier alpha value is -1.84. The zero-order valence-corrected chi connectivity index (χ0v) is 12.4. The summed E-state index contributed by atoms with van der Waals surface area (Å²) in [4.78, 5) is 12.1. The first-order chi connectivity index (χ1) is 10.0. The molecule has 1 saturated heterocycles. The van der Waals surface area contributed by atoms with Gasteiger partial charge in [-0.1, -0.05) is 18.3 Å². The molecule has 2 rings (SSSR count). The zero-order valence-electron chi connectivity index (χ0n) is 11.6. The average molecular weight is 306 g/mol. The number of hydrogen-bond acceptors (Lipinski definition) is 4. The smallest absolute Gasteiger partial charge is 0.242 e. The van der Waals surface area contributed by atoms with Crippen molar-refractivity contribution in [2.45, 2.75) is 24.5 Å². The average Bonchev–Trinajstić information content (AvgIpc) is 2.46. The van der Waals surface area contributed by atoms with Gasteiger partial charge >= 0.3 is 0 Å². The summed E-state index contributed by atoms with van der Waals surface area (Å²) < 4.78 is 23.8. The van der Waals surface area contributed by atoms with Crippen LogP contribution in [0, 0.1) is 11.8 Å². The molecular formula is C15H18N2O3S. The van der Waals surface area contributed by atoms with E-state index in [0.29, 0.717) is 18.5 Å². The van der Waals surface area contributed by atoms with Crippen LogP contribution in [0.1, 0.15) is 24.8 Å². The van der Waals surface area contributed by atoms with E-state index in [1.807, 2.05) is 0 Å². The topological polar surface area (TPSA) is 89.3 Å². The maximum atomic E-state index is 12.1. The lowest BCUT2D eigenvalue weighted by molar-refractivity contribution is -0.116. The van der Waals surface area contributed by atoms with Crippen LogP contribution in [0.15, 0.2) is 24.3 Å². The highest BCUT2D eigenvalue weighted by atomic mass is 32.2. The predicted molar refractivity (Wildman–Crippen MR) is 82.4 cm³/mol. The molecule has 1 aromatic carbocycles. The molecule has 1 aromatic rings. The van der Waals surface area contributed by atoms with Crippen molar-refractivity contribution in [2.75, 3.05) is 17.6 Å². The summed E-state index contributed by atoms with van der Waals surface area (Å²) in [6.07, 6.45) is 1.81. The number of carbonyl (C=O) groups excluding carboxylic acids is 1. The molecule has 1 atom stereocenters. The third kappa shape index (κ3) is 4.06. The molecule has 1 heterocycles. The van der Waals surface area contributed by atoms with Gasteiger partial charge in [-0.2, -0.15) is 0 Å². The van der Waals surface area contributed by atoms with Crippen LogP contribution < -0.4 is 11.1 Å². The fourth-order valence-corrected chi connectivity index (χ4v) is 4.06. The second kappa shape index (κ2) is 6.74. The van der Waals surface area contributed by atoms with Gasteiger partial charge in [-0.05, 0) is 37.1 Å². The zero-order chi connectivity index (χ0) is 15.3. The summed E-state index contributed by atoms with van der Waals surface area (Å²) in [7, 11) is -3.31. The van der Waals surface area contributed by atoms with E-state index >= 15 is 0 Å². The molecule has 1 aliphatic rings. The molecule has 0 radical (unpaired) electrons. The first-order valence-electron chi connectivity index (χ1n) is 6.84. The highest BCUT2D eigenvalue weighted by Gasteiger charge is 2.34. The first kappa shape index (κ1) is 15.5. The Bertz CT molecular complexity index is 669. The van der Waals surface area contributed by atoms with Crippen LogP contribution in [0.4, 0.5) is 5.69 Å². The van der Waals surface area contributed by atoms with Crippen LogP contribution >= 0.6 is 0 Å². The van der Waals surface area contributed by atoms with Crippen molar-refractivity contribution in [2.24, 2.45) is 5.73 Å². The van der Waals surface area contributed by atoms with Gasteiger partial charge in [0.1, 0.15) is 5.25 Å². The number of sulfone groups is 1. The molecule has 21 heavy (non-hydrogen) atoms. The summed E-state index contributed by atoms with van der Waals surface area (Å²) in [6.45, 7) is 0.290. The van der Waals surface area contributed by atoms with Crippen LogP contribution in [0.5, 0.6) is 0 Å². The van der Waals surface area contributed by atoms with E-state index in [9.17, 15) is 13.2 Å². The Balaban J connectivity index is 2.05. The van der Waals surface area contributed by atoms with Gasteiger partial charge in [0, 0.05) is 11.3 Å². The van der Waals surface area contributed by atoms with Crippen LogP contribution in [0.25, 0.3) is 0 Å². The predicted octanol–water partition coefficient (Wildman–Crippen LogP) is 0.903. The summed E-state index contributed by atoms with van der Waals surface area (Å²) >= 11 is 0. The molecule has 0 spiro atoms. The first-order valence-corrected chi connectivity index (χ1v) is 8.56. The van der Waals surface area contributed by atoms with Gasteiger partial charge in [0.25, 0.3) is 0 Å². The van der Waals surface area contributed by atoms with Crippen LogP contribution in [-0.4, -0.2) is 31.9 Å². The van der Waals surface area contributed by atoms with Crippen molar-refractivity contribution in [1.29, 1.82) is 0 Å². The maximum Gasteiger partial charge on any atom is 0.242 e. The van der Waals surface area contributed by atoms with Crippen molar-refractivity contribution in [1.82, 2.24) is 0 Å². The Labute approximate surface area is 124 Å². The molecular weight excluding hydrogens is 288 g/mol. The molecule has 1 fully saturated rings. The summed E-state index contributed by atoms with van der Waals surface area (Å²) in [6, 6.07) is 6.92. The minimum absolute atomic E-state index is 0.0959. The number of nitrogens with two attached hydrogens (primary N) is 1. The number of hydrogen-bond donors (Lipinski definition) is 2. The van der Waals surface area contributed by atoms with Gasteiger partial charge in [-0.3, -0.25) is 4.79 Å². The largest absolute Gasteiger partial charge is 0.325 e. The van der Waals surface area contributed by atoms with Crippen LogP contribution in [0.3, 0.4) is 0 Å². The van der Waals surface area contributed by atoms with Crippen molar-refractivity contribution < 1.29 is 13.2 Å². The monoisotopic (exact) mass is 306 g/mol. The molecule has 1 unspecified atom stereocenters. The number of anilines is 1. The van der Waals surface area contributed by atoms with Crippen molar-refractivity contribution in [3.63, 3.8) is 0 Å². The van der Waals surface area contributed by atoms with Gasteiger partial charge in [-0.15, -0.1) is 0 Å². The quantitative estimate of drug-likeness (QED) is 0.795. The van der Waals surface area contributed by atoms with Crippen molar-refractivity contribution in [3.05, 3.63) is 29.8 Å². The molecule has 1 aliphatic heterocycles. The lowest BCUT2D eigenvalue weighted by Crippen LogP contribution is -2.39. The maximum absolute atomic E-state index is 12.1. The Kier molecular flexibility index (Phi) is 4.99. The fourth-order valence-electron chi connectivity index (χ4n) is 2.26. The lowest BCUT2D eigenvalue weighted by Gasteiger charge is -2.21. The standard InChI is InChI=1S/C15H18N2O3S/c16-10-3-4-12-6-8-13(9-7-12)17-15(18)14-5-1-2-11-21(14,19)20/h6-9,14H,1-2,5,10-11,16H2,(H,17,18). The molecule has 6 heteroatoms. The molecule has 3 N–H and O–H groups in total. The lowest BCUT2D eigenvalue weighted by atomic mass is 10.1. The number of amides is 1.